The second kappa shape index (κ2) is 9.44. The summed E-state index contributed by atoms with van der Waals surface area (Å²) in [6.45, 7) is 0. The van der Waals surface area contributed by atoms with Crippen LogP contribution in [0.4, 0.5) is 14.5 Å². The number of amides is 1. The Morgan fingerprint density at radius 3 is 2.32 bits per heavy atom. The van der Waals surface area contributed by atoms with E-state index in [4.69, 9.17) is 0 Å². The number of nitrogens with zero attached hydrogens (tertiary/aromatic N) is 3. The fourth-order valence-electron chi connectivity index (χ4n) is 3.52. The van der Waals surface area contributed by atoms with Gasteiger partial charge in [-0.05, 0) is 30.3 Å². The highest BCUT2D eigenvalue weighted by Crippen LogP contribution is 2.34. The molecule has 0 fully saturated rings. The zero-order valence-corrected chi connectivity index (χ0v) is 18.5. The van der Waals surface area contributed by atoms with E-state index in [1.807, 2.05) is 54.6 Å². The number of carbonyl (C=O) groups is 1. The van der Waals surface area contributed by atoms with Crippen LogP contribution in [0, 0.1) is 0 Å². The molecule has 0 saturated carbocycles. The Bertz CT molecular complexity index is 1460. The number of aromatic nitrogens is 3. The summed E-state index contributed by atoms with van der Waals surface area (Å²) < 4.78 is 28.7. The Balaban J connectivity index is 1.52. The molecule has 1 N–H and O–H groups in total. The Morgan fingerprint density at radius 1 is 0.912 bits per heavy atom. The van der Waals surface area contributed by atoms with Gasteiger partial charge in [0.15, 0.2) is 5.65 Å². The van der Waals surface area contributed by atoms with Crippen LogP contribution in [0.5, 0.6) is 0 Å². The van der Waals surface area contributed by atoms with E-state index < -0.39 is 12.3 Å². The van der Waals surface area contributed by atoms with Crippen LogP contribution in [0.1, 0.15) is 22.5 Å². The van der Waals surface area contributed by atoms with Crippen molar-refractivity contribution >= 4 is 29.0 Å². The van der Waals surface area contributed by atoms with E-state index in [-0.39, 0.29) is 16.9 Å². The van der Waals surface area contributed by atoms with Crippen molar-refractivity contribution in [2.24, 2.45) is 0 Å². The lowest BCUT2D eigenvalue weighted by Gasteiger charge is -2.11. The van der Waals surface area contributed by atoms with Crippen LogP contribution in [0.15, 0.2) is 107 Å². The first-order chi connectivity index (χ1) is 16.6. The molecule has 0 atom stereocenters. The predicted molar refractivity (Wildman–Crippen MR) is 128 cm³/mol. The third-order valence-electron chi connectivity index (χ3n) is 5.14. The SMILES string of the molecule is O=C(Nc1ccccc1Sc1ccccc1)c1cnn2c(C(F)F)cc(-c3ccccc3)nc12. The number of nitrogens with one attached hydrogen (secondary N) is 1. The van der Waals surface area contributed by atoms with E-state index in [0.29, 0.717) is 16.9 Å². The Hall–Kier alpha value is -4.04. The van der Waals surface area contributed by atoms with Gasteiger partial charge in [0.1, 0.15) is 11.3 Å². The zero-order chi connectivity index (χ0) is 23.5. The molecule has 0 saturated heterocycles. The van der Waals surface area contributed by atoms with Gasteiger partial charge in [0.05, 0.1) is 17.6 Å². The number of rotatable bonds is 6. The largest absolute Gasteiger partial charge is 0.321 e. The van der Waals surface area contributed by atoms with Crippen molar-refractivity contribution in [3.8, 4) is 11.3 Å². The summed E-state index contributed by atoms with van der Waals surface area (Å²) in [5.74, 6) is -0.478. The van der Waals surface area contributed by atoms with Gasteiger partial charge < -0.3 is 5.32 Å². The lowest BCUT2D eigenvalue weighted by Crippen LogP contribution is -2.13. The third-order valence-corrected chi connectivity index (χ3v) is 6.23. The molecule has 168 valence electrons. The van der Waals surface area contributed by atoms with Crippen molar-refractivity contribution < 1.29 is 13.6 Å². The summed E-state index contributed by atoms with van der Waals surface area (Å²) in [6.07, 6.45) is -1.52. The number of fused-ring (bicyclic) bond motifs is 1. The molecule has 0 aliphatic carbocycles. The van der Waals surface area contributed by atoms with Crippen LogP contribution >= 0.6 is 11.8 Å². The van der Waals surface area contributed by atoms with Crippen molar-refractivity contribution in [2.75, 3.05) is 5.32 Å². The first-order valence-corrected chi connectivity index (χ1v) is 11.3. The predicted octanol–water partition coefficient (Wildman–Crippen LogP) is 6.74. The summed E-state index contributed by atoms with van der Waals surface area (Å²) >= 11 is 1.51. The topological polar surface area (TPSA) is 59.3 Å². The van der Waals surface area contributed by atoms with Gasteiger partial charge in [-0.2, -0.15) is 5.10 Å². The molecule has 5 rings (SSSR count). The van der Waals surface area contributed by atoms with Gasteiger partial charge >= 0.3 is 0 Å². The molecular weight excluding hydrogens is 454 g/mol. The molecule has 0 aliphatic rings. The van der Waals surface area contributed by atoms with Crippen LogP contribution in [-0.2, 0) is 0 Å². The van der Waals surface area contributed by atoms with E-state index in [1.54, 1.807) is 30.3 Å². The number of halogens is 2. The number of benzene rings is 3. The standard InChI is InChI=1S/C26H18F2N4OS/c27-24(28)22-15-21(17-9-3-1-4-10-17)30-25-19(16-29-32(22)25)26(33)31-20-13-7-8-14-23(20)34-18-11-5-2-6-12-18/h1-16,24H,(H,31,33). The molecular formula is C26H18F2N4OS. The average molecular weight is 473 g/mol. The summed E-state index contributed by atoms with van der Waals surface area (Å²) in [7, 11) is 0. The van der Waals surface area contributed by atoms with Gasteiger partial charge in [0.2, 0.25) is 0 Å². The summed E-state index contributed by atoms with van der Waals surface area (Å²) in [5, 5.41) is 6.93. The van der Waals surface area contributed by atoms with Gasteiger partial charge in [-0.1, -0.05) is 72.4 Å². The minimum absolute atomic E-state index is 0.0716. The van der Waals surface area contributed by atoms with Crippen LogP contribution in [0.3, 0.4) is 0 Å². The van der Waals surface area contributed by atoms with Crippen molar-refractivity contribution in [3.63, 3.8) is 0 Å². The number of hydrogen-bond donors (Lipinski definition) is 1. The fraction of sp³-hybridized carbons (Fsp3) is 0.0385. The maximum absolute atomic E-state index is 13.8. The second-order valence-electron chi connectivity index (χ2n) is 7.39. The molecule has 0 spiro atoms. The van der Waals surface area contributed by atoms with Crippen molar-refractivity contribution in [1.82, 2.24) is 14.6 Å². The van der Waals surface area contributed by atoms with E-state index in [2.05, 4.69) is 15.4 Å². The minimum atomic E-state index is -2.79. The number of hydrogen-bond acceptors (Lipinski definition) is 4. The quantitative estimate of drug-likeness (QED) is 0.297. The van der Waals surface area contributed by atoms with Gasteiger partial charge in [0, 0.05) is 15.4 Å². The number of anilines is 1. The van der Waals surface area contributed by atoms with Gasteiger partial charge in [0.25, 0.3) is 12.3 Å². The lowest BCUT2D eigenvalue weighted by atomic mass is 10.1. The first kappa shape index (κ1) is 21.8. The molecule has 0 bridgehead atoms. The Labute approximate surface area is 198 Å². The molecule has 5 nitrogen and oxygen atoms in total. The molecule has 0 aliphatic heterocycles. The summed E-state index contributed by atoms with van der Waals surface area (Å²) in [4.78, 5) is 19.6. The molecule has 8 heteroatoms. The van der Waals surface area contributed by atoms with E-state index in [9.17, 15) is 13.6 Å². The minimum Gasteiger partial charge on any atom is -0.321 e. The maximum Gasteiger partial charge on any atom is 0.280 e. The van der Waals surface area contributed by atoms with E-state index >= 15 is 0 Å². The molecule has 3 aromatic carbocycles. The maximum atomic E-state index is 13.8. The van der Waals surface area contributed by atoms with E-state index in [0.717, 1.165) is 14.3 Å². The normalized spacial score (nSPS) is 11.1. The van der Waals surface area contributed by atoms with Gasteiger partial charge in [-0.3, -0.25) is 4.79 Å². The Kier molecular flexibility index (Phi) is 6.05. The lowest BCUT2D eigenvalue weighted by molar-refractivity contribution is 0.102. The molecule has 1 amide bonds. The van der Waals surface area contributed by atoms with Crippen LogP contribution in [-0.4, -0.2) is 20.5 Å². The van der Waals surface area contributed by atoms with Crippen molar-refractivity contribution in [2.45, 2.75) is 16.2 Å². The summed E-state index contributed by atoms with van der Waals surface area (Å²) in [6, 6.07) is 27.5. The molecule has 2 heterocycles. The first-order valence-electron chi connectivity index (χ1n) is 10.5. The van der Waals surface area contributed by atoms with Gasteiger partial charge in [-0.15, -0.1) is 0 Å². The number of alkyl halides is 2. The Morgan fingerprint density at radius 2 is 1.59 bits per heavy atom. The molecule has 34 heavy (non-hydrogen) atoms. The van der Waals surface area contributed by atoms with Crippen LogP contribution < -0.4 is 5.32 Å². The summed E-state index contributed by atoms with van der Waals surface area (Å²) in [5.41, 5.74) is 1.47. The smallest absolute Gasteiger partial charge is 0.280 e. The van der Waals surface area contributed by atoms with E-state index in [1.165, 1.54) is 24.0 Å². The molecule has 2 aromatic heterocycles. The monoisotopic (exact) mass is 472 g/mol. The molecule has 5 aromatic rings. The third kappa shape index (κ3) is 4.40. The fourth-order valence-corrected chi connectivity index (χ4v) is 4.45. The highest BCUT2D eigenvalue weighted by atomic mass is 32.2. The molecule has 0 radical (unpaired) electrons. The molecule has 0 unspecified atom stereocenters. The van der Waals surface area contributed by atoms with Crippen LogP contribution in [0.25, 0.3) is 16.9 Å². The number of carbonyl (C=O) groups excluding carboxylic acids is 1. The highest BCUT2D eigenvalue weighted by molar-refractivity contribution is 7.99. The van der Waals surface area contributed by atoms with Crippen molar-refractivity contribution in [3.05, 3.63) is 108 Å². The average Bonchev–Trinajstić information content (AvgIpc) is 3.30. The number of para-hydroxylation sites is 1. The second-order valence-corrected chi connectivity index (χ2v) is 8.51. The van der Waals surface area contributed by atoms with Crippen molar-refractivity contribution in [1.29, 1.82) is 0 Å². The zero-order valence-electron chi connectivity index (χ0n) is 17.7. The van der Waals surface area contributed by atoms with Crippen LogP contribution in [0.2, 0.25) is 0 Å². The van der Waals surface area contributed by atoms with Gasteiger partial charge in [-0.25, -0.2) is 18.3 Å². The highest BCUT2D eigenvalue weighted by Gasteiger charge is 2.22.